The molecule has 1 saturated heterocycles. The molecule has 1 heterocycles. The van der Waals surface area contributed by atoms with Gasteiger partial charge in [0.05, 0.1) is 0 Å². The summed E-state index contributed by atoms with van der Waals surface area (Å²) in [5, 5.41) is 3.40. The van der Waals surface area contributed by atoms with Gasteiger partial charge in [-0.15, -0.1) is 0 Å². The second-order valence-corrected chi connectivity index (χ2v) is 4.61. The average molecular weight is 241 g/mol. The van der Waals surface area contributed by atoms with Gasteiger partial charge in [-0.2, -0.15) is 0 Å². The molecule has 17 heavy (non-hydrogen) atoms. The van der Waals surface area contributed by atoms with Crippen molar-refractivity contribution in [3.63, 3.8) is 0 Å². The van der Waals surface area contributed by atoms with Crippen molar-refractivity contribution in [2.75, 3.05) is 45.8 Å². The molecule has 4 heteroatoms. The van der Waals surface area contributed by atoms with Crippen LogP contribution in [0.15, 0.2) is 0 Å². The molecule has 1 rings (SSSR count). The predicted molar refractivity (Wildman–Crippen MR) is 71.1 cm³/mol. The topological polar surface area (TPSA) is 35.6 Å². The Morgan fingerprint density at radius 1 is 1.24 bits per heavy atom. The molecule has 0 atom stereocenters. The van der Waals surface area contributed by atoms with Gasteiger partial charge in [0, 0.05) is 32.6 Å². The monoisotopic (exact) mass is 241 g/mol. The fourth-order valence-electron chi connectivity index (χ4n) is 2.31. The van der Waals surface area contributed by atoms with Gasteiger partial charge in [-0.3, -0.25) is 4.79 Å². The molecular weight excluding hydrogens is 214 g/mol. The number of carbonyl (C=O) groups excluding carboxylic acids is 1. The second kappa shape index (κ2) is 8.48. The van der Waals surface area contributed by atoms with Crippen molar-refractivity contribution in [2.45, 2.75) is 33.1 Å². The molecule has 0 saturated carbocycles. The molecule has 1 fully saturated rings. The molecule has 100 valence electrons. The molecule has 0 aromatic rings. The van der Waals surface area contributed by atoms with Crippen molar-refractivity contribution in [2.24, 2.45) is 0 Å². The fourth-order valence-corrected chi connectivity index (χ4v) is 2.31. The van der Waals surface area contributed by atoms with Gasteiger partial charge in [-0.05, 0) is 46.3 Å². The summed E-state index contributed by atoms with van der Waals surface area (Å²) in [5.41, 5.74) is 0. The third-order valence-corrected chi connectivity index (χ3v) is 3.41. The zero-order valence-electron chi connectivity index (χ0n) is 11.4. The van der Waals surface area contributed by atoms with Crippen molar-refractivity contribution < 1.29 is 4.79 Å². The Hall–Kier alpha value is -0.610. The highest BCUT2D eigenvalue weighted by atomic mass is 16.2. The molecule has 0 radical (unpaired) electrons. The van der Waals surface area contributed by atoms with E-state index in [9.17, 15) is 4.79 Å². The number of rotatable bonds is 6. The molecule has 0 spiro atoms. The van der Waals surface area contributed by atoms with Gasteiger partial charge in [0.25, 0.3) is 0 Å². The van der Waals surface area contributed by atoms with Gasteiger partial charge >= 0.3 is 0 Å². The minimum atomic E-state index is 0.308. The molecule has 1 amide bonds. The van der Waals surface area contributed by atoms with Crippen LogP contribution in [0.3, 0.4) is 0 Å². The zero-order chi connectivity index (χ0) is 12.5. The lowest BCUT2D eigenvalue weighted by Crippen LogP contribution is -2.32. The Balaban J connectivity index is 2.15. The van der Waals surface area contributed by atoms with E-state index in [1.165, 1.54) is 13.0 Å². The molecule has 4 nitrogen and oxygen atoms in total. The highest BCUT2D eigenvalue weighted by Crippen LogP contribution is 2.02. The smallest absolute Gasteiger partial charge is 0.222 e. The van der Waals surface area contributed by atoms with Crippen LogP contribution in [0.1, 0.15) is 33.1 Å². The third-order valence-electron chi connectivity index (χ3n) is 3.41. The van der Waals surface area contributed by atoms with E-state index in [0.717, 1.165) is 45.7 Å². The molecule has 1 N–H and O–H groups in total. The van der Waals surface area contributed by atoms with Gasteiger partial charge in [0.1, 0.15) is 0 Å². The average Bonchev–Trinajstić information content (AvgIpc) is 2.59. The van der Waals surface area contributed by atoms with Crippen molar-refractivity contribution in [3.8, 4) is 0 Å². The molecular formula is C13H27N3O. The van der Waals surface area contributed by atoms with Gasteiger partial charge in [0.15, 0.2) is 0 Å². The Labute approximate surface area is 105 Å². The highest BCUT2D eigenvalue weighted by Gasteiger charge is 2.11. The first-order chi connectivity index (χ1) is 8.27. The maximum atomic E-state index is 11.8. The molecule has 0 aromatic heterocycles. The molecule has 0 aromatic carbocycles. The number of amides is 1. The Morgan fingerprint density at radius 3 is 2.71 bits per heavy atom. The SMILES string of the molecule is CCN(CC)C(=O)CCCN1CCCNCC1. The maximum absolute atomic E-state index is 11.8. The van der Waals surface area contributed by atoms with Crippen LogP contribution in [0.2, 0.25) is 0 Å². The number of hydrogen-bond donors (Lipinski definition) is 1. The van der Waals surface area contributed by atoms with Crippen molar-refractivity contribution >= 4 is 5.91 Å². The molecule has 1 aliphatic rings. The van der Waals surface area contributed by atoms with E-state index in [1.807, 2.05) is 18.7 Å². The first-order valence-corrected chi connectivity index (χ1v) is 6.98. The molecule has 1 aliphatic heterocycles. The number of carbonyl (C=O) groups is 1. The summed E-state index contributed by atoms with van der Waals surface area (Å²) in [6.45, 7) is 11.3. The lowest BCUT2D eigenvalue weighted by molar-refractivity contribution is -0.130. The number of nitrogens with zero attached hydrogens (tertiary/aromatic N) is 2. The highest BCUT2D eigenvalue weighted by molar-refractivity contribution is 5.76. The van der Waals surface area contributed by atoms with E-state index < -0.39 is 0 Å². The van der Waals surface area contributed by atoms with Crippen molar-refractivity contribution in [3.05, 3.63) is 0 Å². The molecule has 0 aliphatic carbocycles. The predicted octanol–water partition coefficient (Wildman–Crippen LogP) is 0.930. The minimum Gasteiger partial charge on any atom is -0.343 e. The summed E-state index contributed by atoms with van der Waals surface area (Å²) in [6, 6.07) is 0. The van der Waals surface area contributed by atoms with Crippen molar-refractivity contribution in [1.82, 2.24) is 15.1 Å². The normalized spacial score (nSPS) is 17.8. The largest absolute Gasteiger partial charge is 0.343 e. The van der Waals surface area contributed by atoms with Crippen LogP contribution in [-0.4, -0.2) is 61.5 Å². The quantitative estimate of drug-likeness (QED) is 0.751. The van der Waals surface area contributed by atoms with Gasteiger partial charge in [0.2, 0.25) is 5.91 Å². The first-order valence-electron chi connectivity index (χ1n) is 6.98. The summed E-state index contributed by atoms with van der Waals surface area (Å²) in [4.78, 5) is 16.2. The van der Waals surface area contributed by atoms with Crippen LogP contribution in [0.4, 0.5) is 0 Å². The fraction of sp³-hybridized carbons (Fsp3) is 0.923. The zero-order valence-corrected chi connectivity index (χ0v) is 11.4. The Kier molecular flexibility index (Phi) is 7.21. The lowest BCUT2D eigenvalue weighted by Gasteiger charge is -2.21. The van der Waals surface area contributed by atoms with E-state index in [-0.39, 0.29) is 0 Å². The van der Waals surface area contributed by atoms with E-state index in [1.54, 1.807) is 0 Å². The van der Waals surface area contributed by atoms with E-state index in [4.69, 9.17) is 0 Å². The maximum Gasteiger partial charge on any atom is 0.222 e. The standard InChI is InChI=1S/C13H27N3O/c1-3-16(4-2)13(17)7-5-10-15-11-6-8-14-9-12-15/h14H,3-12H2,1-2H3. The Morgan fingerprint density at radius 2 is 2.00 bits per heavy atom. The van der Waals surface area contributed by atoms with E-state index in [2.05, 4.69) is 10.2 Å². The second-order valence-electron chi connectivity index (χ2n) is 4.61. The van der Waals surface area contributed by atoms with Gasteiger partial charge in [-0.1, -0.05) is 0 Å². The minimum absolute atomic E-state index is 0.308. The van der Waals surface area contributed by atoms with Crippen molar-refractivity contribution in [1.29, 1.82) is 0 Å². The molecule has 0 bridgehead atoms. The van der Waals surface area contributed by atoms with Gasteiger partial charge in [-0.25, -0.2) is 0 Å². The summed E-state index contributed by atoms with van der Waals surface area (Å²) in [5.74, 6) is 0.308. The summed E-state index contributed by atoms with van der Waals surface area (Å²) >= 11 is 0. The summed E-state index contributed by atoms with van der Waals surface area (Å²) in [7, 11) is 0. The number of hydrogen-bond acceptors (Lipinski definition) is 3. The van der Waals surface area contributed by atoms with Crippen LogP contribution in [0.25, 0.3) is 0 Å². The first kappa shape index (κ1) is 14.5. The van der Waals surface area contributed by atoms with Crippen LogP contribution < -0.4 is 5.32 Å². The third kappa shape index (κ3) is 5.50. The summed E-state index contributed by atoms with van der Waals surface area (Å²) < 4.78 is 0. The Bertz CT molecular complexity index is 209. The van der Waals surface area contributed by atoms with Crippen LogP contribution >= 0.6 is 0 Å². The number of nitrogens with one attached hydrogen (secondary N) is 1. The van der Waals surface area contributed by atoms with E-state index in [0.29, 0.717) is 12.3 Å². The molecule has 0 unspecified atom stereocenters. The lowest BCUT2D eigenvalue weighted by atomic mass is 10.2. The van der Waals surface area contributed by atoms with Crippen LogP contribution in [0, 0.1) is 0 Å². The van der Waals surface area contributed by atoms with E-state index >= 15 is 0 Å². The van der Waals surface area contributed by atoms with Gasteiger partial charge < -0.3 is 15.1 Å². The summed E-state index contributed by atoms with van der Waals surface area (Å²) in [6.07, 6.45) is 2.92. The van der Waals surface area contributed by atoms with Crippen LogP contribution in [0.5, 0.6) is 0 Å². The van der Waals surface area contributed by atoms with Crippen LogP contribution in [-0.2, 0) is 4.79 Å².